The van der Waals surface area contributed by atoms with Crippen molar-refractivity contribution in [3.8, 4) is 0 Å². The van der Waals surface area contributed by atoms with Crippen molar-refractivity contribution >= 4 is 29.3 Å². The number of nitrogens with one attached hydrogen (secondary N) is 3. The molecule has 1 saturated carbocycles. The second-order valence-electron chi connectivity index (χ2n) is 8.42. The fraction of sp³-hybridized carbons (Fsp3) is 0.478. The van der Waals surface area contributed by atoms with Crippen LogP contribution in [0.4, 0.5) is 30.6 Å². The van der Waals surface area contributed by atoms with E-state index in [1.807, 2.05) is 6.07 Å². The fourth-order valence-corrected chi connectivity index (χ4v) is 3.66. The summed E-state index contributed by atoms with van der Waals surface area (Å²) < 4.78 is 39.7. The van der Waals surface area contributed by atoms with Gasteiger partial charge in [0.25, 0.3) is 0 Å². The maximum Gasteiger partial charge on any atom is 0.421 e. The Bertz CT molecular complexity index is 1010. The molecule has 0 saturated heterocycles. The molecule has 4 rings (SSSR count). The average molecular weight is 479 g/mol. The van der Waals surface area contributed by atoms with Gasteiger partial charge >= 0.3 is 6.18 Å². The largest absolute Gasteiger partial charge is 0.421 e. The van der Waals surface area contributed by atoms with E-state index in [-0.39, 0.29) is 30.3 Å². The van der Waals surface area contributed by atoms with Crippen molar-refractivity contribution in [1.82, 2.24) is 15.3 Å². The Labute approximate surface area is 195 Å². The first kappa shape index (κ1) is 25.3. The number of halogens is 3. The highest BCUT2D eigenvalue weighted by Gasteiger charge is 2.36. The van der Waals surface area contributed by atoms with Gasteiger partial charge in [-0.3, -0.25) is 9.59 Å². The van der Waals surface area contributed by atoms with Crippen molar-refractivity contribution < 1.29 is 22.8 Å². The molecule has 0 unspecified atom stereocenters. The maximum atomic E-state index is 13.2. The van der Waals surface area contributed by atoms with Crippen LogP contribution in [0, 0.1) is 0 Å². The Morgan fingerprint density at radius 2 is 1.82 bits per heavy atom. The molecule has 1 aromatic heterocycles. The van der Waals surface area contributed by atoms with Gasteiger partial charge in [0.05, 0.1) is 6.54 Å². The Balaban J connectivity index is 0.000000350. The molecule has 1 fully saturated rings. The van der Waals surface area contributed by atoms with Crippen molar-refractivity contribution in [2.45, 2.75) is 64.1 Å². The smallest absolute Gasteiger partial charge is 0.368 e. The molecule has 0 radical (unpaired) electrons. The van der Waals surface area contributed by atoms with Gasteiger partial charge in [-0.1, -0.05) is 6.07 Å². The number of alkyl halides is 3. The molecule has 2 amide bonds. The molecule has 0 spiro atoms. The number of aromatic nitrogens is 2. The van der Waals surface area contributed by atoms with Crippen molar-refractivity contribution in [2.75, 3.05) is 17.2 Å². The minimum absolute atomic E-state index is 0.0580. The minimum Gasteiger partial charge on any atom is -0.368 e. The van der Waals surface area contributed by atoms with Gasteiger partial charge in [-0.2, -0.15) is 18.2 Å². The minimum atomic E-state index is -4.48. The normalized spacial score (nSPS) is 15.2. The fourth-order valence-electron chi connectivity index (χ4n) is 3.66. The van der Waals surface area contributed by atoms with Gasteiger partial charge < -0.3 is 21.7 Å². The lowest BCUT2D eigenvalue weighted by molar-refractivity contribution is -0.137. The molecule has 1 heterocycles. The number of primary amides is 1. The molecular formula is C23H29F3N6O2. The molecular weight excluding hydrogens is 449 g/mol. The van der Waals surface area contributed by atoms with Crippen LogP contribution < -0.4 is 21.7 Å². The Hall–Kier alpha value is -3.37. The highest BCUT2D eigenvalue weighted by molar-refractivity contribution is 5.82. The Morgan fingerprint density at radius 1 is 1.12 bits per heavy atom. The van der Waals surface area contributed by atoms with E-state index in [4.69, 9.17) is 0 Å². The predicted octanol–water partition coefficient (Wildman–Crippen LogP) is 3.69. The van der Waals surface area contributed by atoms with Crippen LogP contribution in [0.3, 0.4) is 0 Å². The first-order chi connectivity index (χ1) is 16.1. The summed E-state index contributed by atoms with van der Waals surface area (Å²) in [6.45, 7) is 1.25. The van der Waals surface area contributed by atoms with Crippen LogP contribution in [-0.4, -0.2) is 34.4 Å². The number of hydrogen-bond acceptors (Lipinski definition) is 6. The quantitative estimate of drug-likeness (QED) is 0.502. The van der Waals surface area contributed by atoms with Gasteiger partial charge in [-0.25, -0.2) is 4.98 Å². The number of nitrogens with two attached hydrogens (primary N) is 1. The van der Waals surface area contributed by atoms with Crippen LogP contribution in [0.1, 0.15) is 55.7 Å². The van der Waals surface area contributed by atoms with E-state index in [9.17, 15) is 22.8 Å². The number of nitrogens with zero attached hydrogens (tertiary/aromatic N) is 2. The van der Waals surface area contributed by atoms with Crippen molar-refractivity contribution in [1.29, 1.82) is 0 Å². The lowest BCUT2D eigenvalue weighted by Crippen LogP contribution is -2.31. The summed E-state index contributed by atoms with van der Waals surface area (Å²) in [6, 6.07) is 6.12. The molecule has 2 aliphatic rings. The number of hydrogen-bond donors (Lipinski definition) is 4. The summed E-state index contributed by atoms with van der Waals surface area (Å²) in [5.41, 5.74) is 7.32. The van der Waals surface area contributed by atoms with Crippen LogP contribution in [0.25, 0.3) is 0 Å². The molecule has 0 bridgehead atoms. The van der Waals surface area contributed by atoms with E-state index in [2.05, 4.69) is 43.8 Å². The van der Waals surface area contributed by atoms with Crippen molar-refractivity contribution in [3.63, 3.8) is 0 Å². The molecule has 2 aliphatic carbocycles. The molecule has 8 nitrogen and oxygen atoms in total. The van der Waals surface area contributed by atoms with Crippen LogP contribution in [0.5, 0.6) is 0 Å². The lowest BCUT2D eigenvalue weighted by Gasteiger charge is -2.28. The summed E-state index contributed by atoms with van der Waals surface area (Å²) in [5, 5.41) is 8.20. The first-order valence-electron chi connectivity index (χ1n) is 11.2. The highest BCUT2D eigenvalue weighted by Crippen LogP contribution is 2.36. The number of benzene rings is 1. The number of anilines is 3. The van der Waals surface area contributed by atoms with Crippen LogP contribution in [0.2, 0.25) is 0 Å². The summed E-state index contributed by atoms with van der Waals surface area (Å²) in [6.07, 6.45) is 3.65. The second-order valence-corrected chi connectivity index (χ2v) is 8.42. The number of fused-ring (bicyclic) bond motifs is 1. The van der Waals surface area contributed by atoms with E-state index in [0.717, 1.165) is 44.0 Å². The van der Waals surface area contributed by atoms with Gasteiger partial charge in [0.2, 0.25) is 17.8 Å². The average Bonchev–Trinajstić information content (AvgIpc) is 2.74. The number of aryl methyl sites for hydroxylation is 2. The first-order valence-corrected chi connectivity index (χ1v) is 11.2. The summed E-state index contributed by atoms with van der Waals surface area (Å²) in [5.74, 6) is -0.739. The van der Waals surface area contributed by atoms with Gasteiger partial charge in [0, 0.05) is 24.8 Å². The molecule has 0 atom stereocenters. The SMILES string of the molecule is CC(=O)NCC(N)=O.FC(F)(F)c1cnc(Nc2ccc3c(c2)CCCC3)nc1NC1CCC1. The molecule has 5 N–H and O–H groups in total. The van der Waals surface area contributed by atoms with Crippen LogP contribution in [-0.2, 0) is 28.6 Å². The van der Waals surface area contributed by atoms with E-state index >= 15 is 0 Å². The Kier molecular flexibility index (Phi) is 8.30. The van der Waals surface area contributed by atoms with E-state index in [1.165, 1.54) is 30.9 Å². The second kappa shape index (κ2) is 11.2. The van der Waals surface area contributed by atoms with E-state index < -0.39 is 17.6 Å². The summed E-state index contributed by atoms with van der Waals surface area (Å²) in [7, 11) is 0. The van der Waals surface area contributed by atoms with Crippen molar-refractivity contribution in [2.24, 2.45) is 5.73 Å². The van der Waals surface area contributed by atoms with Gasteiger partial charge in [0.15, 0.2) is 0 Å². The number of rotatable bonds is 6. The Morgan fingerprint density at radius 3 is 2.38 bits per heavy atom. The van der Waals surface area contributed by atoms with Crippen molar-refractivity contribution in [3.05, 3.63) is 41.1 Å². The highest BCUT2D eigenvalue weighted by atomic mass is 19.4. The molecule has 34 heavy (non-hydrogen) atoms. The number of amides is 2. The monoisotopic (exact) mass is 478 g/mol. The standard InChI is InChI=1S/C19H21F3N4.C4H8N2O2/c20-19(21,22)16-11-23-18(26-17(16)24-14-6-3-7-14)25-15-9-8-12-4-1-2-5-13(12)10-15;1-3(7)6-2-4(5)8/h8-11,14H,1-7H2,(H2,23,24,25,26);2H2,1H3,(H2,5,8)(H,6,7). The predicted molar refractivity (Wildman–Crippen MR) is 123 cm³/mol. The third kappa shape index (κ3) is 7.32. The van der Waals surface area contributed by atoms with Gasteiger partial charge in [-0.15, -0.1) is 0 Å². The van der Waals surface area contributed by atoms with Crippen LogP contribution >= 0.6 is 0 Å². The topological polar surface area (TPSA) is 122 Å². The zero-order chi connectivity index (χ0) is 24.7. The molecule has 1 aromatic carbocycles. The lowest BCUT2D eigenvalue weighted by atomic mass is 9.91. The summed E-state index contributed by atoms with van der Waals surface area (Å²) >= 11 is 0. The molecule has 184 valence electrons. The zero-order valence-electron chi connectivity index (χ0n) is 19.0. The number of carbonyl (C=O) groups excluding carboxylic acids is 2. The third-order valence-corrected chi connectivity index (χ3v) is 5.66. The van der Waals surface area contributed by atoms with Gasteiger partial charge in [0.1, 0.15) is 11.4 Å². The third-order valence-electron chi connectivity index (χ3n) is 5.66. The van der Waals surface area contributed by atoms with E-state index in [1.54, 1.807) is 0 Å². The van der Waals surface area contributed by atoms with Crippen LogP contribution in [0.15, 0.2) is 24.4 Å². The van der Waals surface area contributed by atoms with E-state index in [0.29, 0.717) is 0 Å². The molecule has 11 heteroatoms. The molecule has 2 aromatic rings. The summed E-state index contributed by atoms with van der Waals surface area (Å²) in [4.78, 5) is 27.9. The van der Waals surface area contributed by atoms with Gasteiger partial charge in [-0.05, 0) is 68.2 Å². The molecule has 0 aliphatic heterocycles. The zero-order valence-corrected chi connectivity index (χ0v) is 19.0. The maximum absolute atomic E-state index is 13.2. The number of carbonyl (C=O) groups is 2.